The third-order valence-corrected chi connectivity index (χ3v) is 1.88. The Balaban J connectivity index is 2.40. The average Bonchev–Trinajstić information content (AvgIpc) is 2.41. The summed E-state index contributed by atoms with van der Waals surface area (Å²) in [4.78, 5) is 10.9. The summed E-state index contributed by atoms with van der Waals surface area (Å²) in [7, 11) is 0. The zero-order valence-electron chi connectivity index (χ0n) is 8.37. The third kappa shape index (κ3) is 3.28. The molecule has 1 heterocycles. The van der Waals surface area contributed by atoms with E-state index in [-0.39, 0.29) is 11.9 Å². The van der Waals surface area contributed by atoms with Gasteiger partial charge in [-0.1, -0.05) is 6.92 Å². The molecule has 0 spiro atoms. The van der Waals surface area contributed by atoms with E-state index in [1.807, 2.05) is 20.8 Å². The van der Waals surface area contributed by atoms with Crippen molar-refractivity contribution in [2.75, 3.05) is 6.61 Å². The molecule has 0 aromatic rings. The smallest absolute Gasteiger partial charge is 0.163 e. The zero-order valence-corrected chi connectivity index (χ0v) is 8.37. The maximum atomic E-state index is 10.9. The molecule has 0 aromatic carbocycles. The Hall–Kier alpha value is -0.670. The van der Waals surface area contributed by atoms with Crippen molar-refractivity contribution in [1.82, 2.24) is 0 Å². The molecule has 0 aliphatic carbocycles. The fourth-order valence-corrected chi connectivity index (χ4v) is 1.14. The van der Waals surface area contributed by atoms with E-state index in [0.29, 0.717) is 13.0 Å². The highest BCUT2D eigenvalue weighted by Crippen LogP contribution is 2.22. The minimum Gasteiger partial charge on any atom is -0.347 e. The maximum Gasteiger partial charge on any atom is 0.163 e. The molecule has 0 radical (unpaired) electrons. The van der Waals surface area contributed by atoms with Crippen molar-refractivity contribution >= 4 is 5.78 Å². The van der Waals surface area contributed by atoms with Gasteiger partial charge in [-0.05, 0) is 26.0 Å². The van der Waals surface area contributed by atoms with Gasteiger partial charge >= 0.3 is 0 Å². The first-order valence-corrected chi connectivity index (χ1v) is 4.56. The molecule has 1 fully saturated rings. The molecule has 74 valence electrons. The summed E-state index contributed by atoms with van der Waals surface area (Å²) in [5.74, 6) is -0.391. The number of rotatable bonds is 3. The van der Waals surface area contributed by atoms with Gasteiger partial charge in [-0.15, -0.1) is 0 Å². The Kier molecular flexibility index (Phi) is 3.22. The van der Waals surface area contributed by atoms with Crippen molar-refractivity contribution in [1.29, 1.82) is 0 Å². The molecule has 0 saturated carbocycles. The molecule has 0 aromatic heterocycles. The van der Waals surface area contributed by atoms with Gasteiger partial charge in [0.25, 0.3) is 0 Å². The number of ketones is 1. The number of hydrogen-bond acceptors (Lipinski definition) is 3. The summed E-state index contributed by atoms with van der Waals surface area (Å²) < 4.78 is 10.8. The second kappa shape index (κ2) is 4.03. The lowest BCUT2D eigenvalue weighted by molar-refractivity contribution is -0.133. The molecule has 1 atom stereocenters. The number of ether oxygens (including phenoxy) is 2. The third-order valence-electron chi connectivity index (χ3n) is 1.88. The van der Waals surface area contributed by atoms with Crippen molar-refractivity contribution in [2.45, 2.75) is 39.1 Å². The largest absolute Gasteiger partial charge is 0.347 e. The van der Waals surface area contributed by atoms with Crippen LogP contribution in [0.1, 0.15) is 27.2 Å². The second-order valence-corrected chi connectivity index (χ2v) is 3.55. The standard InChI is InChI=1S/C10H16O3/c1-4-8(11)5-6-9-7-12-10(2,3)13-9/h5-6,9H,4,7H2,1-3H3/b6-5+/t9-/m0/s1. The van der Waals surface area contributed by atoms with Crippen LogP contribution in [0.5, 0.6) is 0 Å². The molecule has 1 saturated heterocycles. The quantitative estimate of drug-likeness (QED) is 0.626. The Labute approximate surface area is 78.7 Å². The number of allylic oxidation sites excluding steroid dienone is 1. The molecule has 0 amide bonds. The molecule has 1 rings (SSSR count). The lowest BCUT2D eigenvalue weighted by Gasteiger charge is -2.15. The predicted molar refractivity (Wildman–Crippen MR) is 49.3 cm³/mol. The van der Waals surface area contributed by atoms with Crippen LogP contribution in [0.2, 0.25) is 0 Å². The van der Waals surface area contributed by atoms with Crippen LogP contribution in [0.3, 0.4) is 0 Å². The number of hydrogen-bond donors (Lipinski definition) is 0. The summed E-state index contributed by atoms with van der Waals surface area (Å²) in [5, 5.41) is 0. The van der Waals surface area contributed by atoms with E-state index in [1.165, 1.54) is 0 Å². The van der Waals surface area contributed by atoms with Crippen LogP contribution in [0.15, 0.2) is 12.2 Å². The average molecular weight is 184 g/mol. The Morgan fingerprint density at radius 1 is 1.62 bits per heavy atom. The minimum atomic E-state index is -0.510. The van der Waals surface area contributed by atoms with Gasteiger partial charge in [-0.3, -0.25) is 4.79 Å². The van der Waals surface area contributed by atoms with Gasteiger partial charge in [0.05, 0.1) is 6.61 Å². The number of carbonyl (C=O) groups is 1. The van der Waals surface area contributed by atoms with Crippen LogP contribution < -0.4 is 0 Å². The van der Waals surface area contributed by atoms with Crippen molar-refractivity contribution < 1.29 is 14.3 Å². The van der Waals surface area contributed by atoms with Gasteiger partial charge in [0.1, 0.15) is 6.10 Å². The zero-order chi connectivity index (χ0) is 9.90. The van der Waals surface area contributed by atoms with Gasteiger partial charge in [0.2, 0.25) is 0 Å². The van der Waals surface area contributed by atoms with Gasteiger partial charge in [0, 0.05) is 6.42 Å². The van der Waals surface area contributed by atoms with E-state index in [2.05, 4.69) is 0 Å². The highest BCUT2D eigenvalue weighted by molar-refractivity contribution is 5.89. The minimum absolute atomic E-state index is 0.0782. The molecule has 3 nitrogen and oxygen atoms in total. The van der Waals surface area contributed by atoms with E-state index < -0.39 is 5.79 Å². The molecular formula is C10H16O3. The van der Waals surface area contributed by atoms with Crippen LogP contribution >= 0.6 is 0 Å². The van der Waals surface area contributed by atoms with Gasteiger partial charge in [0.15, 0.2) is 11.6 Å². The first-order valence-electron chi connectivity index (χ1n) is 4.56. The topological polar surface area (TPSA) is 35.5 Å². The highest BCUT2D eigenvalue weighted by Gasteiger charge is 2.30. The predicted octanol–water partition coefficient (Wildman–Crippen LogP) is 1.67. The molecule has 0 unspecified atom stereocenters. The second-order valence-electron chi connectivity index (χ2n) is 3.55. The van der Waals surface area contributed by atoms with E-state index >= 15 is 0 Å². The first-order chi connectivity index (χ1) is 6.03. The Morgan fingerprint density at radius 3 is 2.77 bits per heavy atom. The van der Waals surface area contributed by atoms with E-state index in [0.717, 1.165) is 0 Å². The summed E-state index contributed by atoms with van der Waals surface area (Å²) in [6.07, 6.45) is 3.79. The van der Waals surface area contributed by atoms with Crippen molar-refractivity contribution in [3.63, 3.8) is 0 Å². The summed E-state index contributed by atoms with van der Waals surface area (Å²) in [5.41, 5.74) is 0. The summed E-state index contributed by atoms with van der Waals surface area (Å²) in [6.45, 7) is 6.09. The van der Waals surface area contributed by atoms with Gasteiger partial charge in [-0.25, -0.2) is 0 Å². The van der Waals surface area contributed by atoms with Gasteiger partial charge < -0.3 is 9.47 Å². The Morgan fingerprint density at radius 2 is 2.31 bits per heavy atom. The van der Waals surface area contributed by atoms with Crippen molar-refractivity contribution in [3.8, 4) is 0 Å². The lowest BCUT2D eigenvalue weighted by atomic mass is 10.2. The summed E-state index contributed by atoms with van der Waals surface area (Å²) in [6, 6.07) is 0. The molecule has 13 heavy (non-hydrogen) atoms. The molecule has 3 heteroatoms. The highest BCUT2D eigenvalue weighted by atomic mass is 16.7. The molecular weight excluding hydrogens is 168 g/mol. The first kappa shape index (κ1) is 10.4. The molecule has 0 N–H and O–H groups in total. The van der Waals surface area contributed by atoms with Crippen LogP contribution in [-0.4, -0.2) is 24.3 Å². The lowest BCUT2D eigenvalue weighted by Crippen LogP contribution is -2.20. The maximum absolute atomic E-state index is 10.9. The molecule has 1 aliphatic rings. The van der Waals surface area contributed by atoms with Crippen LogP contribution in [-0.2, 0) is 14.3 Å². The fraction of sp³-hybridized carbons (Fsp3) is 0.700. The van der Waals surface area contributed by atoms with E-state index in [9.17, 15) is 4.79 Å². The van der Waals surface area contributed by atoms with Crippen LogP contribution in [0, 0.1) is 0 Å². The molecule has 1 aliphatic heterocycles. The van der Waals surface area contributed by atoms with Crippen LogP contribution in [0.4, 0.5) is 0 Å². The van der Waals surface area contributed by atoms with Crippen molar-refractivity contribution in [3.05, 3.63) is 12.2 Å². The van der Waals surface area contributed by atoms with E-state index in [4.69, 9.17) is 9.47 Å². The SMILES string of the molecule is CCC(=O)/C=C/[C@H]1COC(C)(C)O1. The van der Waals surface area contributed by atoms with Gasteiger partial charge in [-0.2, -0.15) is 0 Å². The van der Waals surface area contributed by atoms with E-state index in [1.54, 1.807) is 12.2 Å². The monoisotopic (exact) mass is 184 g/mol. The fourth-order valence-electron chi connectivity index (χ4n) is 1.14. The molecule has 0 bridgehead atoms. The van der Waals surface area contributed by atoms with Crippen LogP contribution in [0.25, 0.3) is 0 Å². The Bertz CT molecular complexity index is 218. The normalized spacial score (nSPS) is 26.8. The number of carbonyl (C=O) groups excluding carboxylic acids is 1. The summed E-state index contributed by atoms with van der Waals surface area (Å²) >= 11 is 0. The van der Waals surface area contributed by atoms with Crippen molar-refractivity contribution in [2.24, 2.45) is 0 Å².